The van der Waals surface area contributed by atoms with Crippen molar-refractivity contribution < 1.29 is 14.4 Å². The van der Waals surface area contributed by atoms with Gasteiger partial charge in [-0.25, -0.2) is 0 Å². The summed E-state index contributed by atoms with van der Waals surface area (Å²) in [6.45, 7) is 0.101. The number of carbonyl (C=O) groups is 3. The molecule has 27 heavy (non-hydrogen) atoms. The van der Waals surface area contributed by atoms with Crippen molar-refractivity contribution in [2.45, 2.75) is 12.8 Å². The van der Waals surface area contributed by atoms with Crippen molar-refractivity contribution in [3.05, 3.63) is 40.4 Å². The van der Waals surface area contributed by atoms with E-state index in [-0.39, 0.29) is 54.4 Å². The molecule has 1 N–H and O–H groups in total. The van der Waals surface area contributed by atoms with Gasteiger partial charge in [0.2, 0.25) is 17.7 Å². The molecule has 3 amide bonds. The lowest BCUT2D eigenvalue weighted by Crippen LogP contribution is -2.40. The minimum Gasteiger partial charge on any atom is -0.325 e. The highest BCUT2D eigenvalue weighted by molar-refractivity contribution is 6.35. The van der Waals surface area contributed by atoms with Crippen LogP contribution < -0.4 is 5.32 Å². The summed E-state index contributed by atoms with van der Waals surface area (Å²) >= 11 is 12.0. The summed E-state index contributed by atoms with van der Waals surface area (Å²) in [6, 6.07) is 4.81. The summed E-state index contributed by atoms with van der Waals surface area (Å²) in [4.78, 5) is 39.3. The topological polar surface area (TPSA) is 66.5 Å². The molecule has 1 heterocycles. The first-order valence-corrected chi connectivity index (χ1v) is 10.00. The molecular weight excluding hydrogens is 387 g/mol. The summed E-state index contributed by atoms with van der Waals surface area (Å²) < 4.78 is 0. The van der Waals surface area contributed by atoms with E-state index in [0.29, 0.717) is 27.6 Å². The van der Waals surface area contributed by atoms with Crippen LogP contribution in [0.25, 0.3) is 0 Å². The van der Waals surface area contributed by atoms with Crippen LogP contribution in [0.15, 0.2) is 30.4 Å². The number of likely N-dealkylation sites (tertiary alicyclic amines) is 1. The number of carbonyl (C=O) groups excluding carboxylic acids is 3. The van der Waals surface area contributed by atoms with Crippen LogP contribution in [0.5, 0.6) is 0 Å². The Hall–Kier alpha value is -1.85. The van der Waals surface area contributed by atoms with Crippen molar-refractivity contribution in [1.82, 2.24) is 4.90 Å². The van der Waals surface area contributed by atoms with Crippen LogP contribution in [0.2, 0.25) is 10.0 Å². The minimum absolute atomic E-state index is 0.0371. The Kier molecular flexibility index (Phi) is 3.89. The highest BCUT2D eigenvalue weighted by Crippen LogP contribution is 2.65. The first kappa shape index (κ1) is 17.3. The number of hydrogen-bond acceptors (Lipinski definition) is 3. The number of benzene rings is 1. The number of halogens is 2. The Bertz CT molecular complexity index is 863. The molecule has 0 unspecified atom stereocenters. The van der Waals surface area contributed by atoms with Gasteiger partial charge in [0.25, 0.3) is 0 Å². The van der Waals surface area contributed by atoms with Crippen LogP contribution in [0.4, 0.5) is 5.69 Å². The normalized spacial score (nSPS) is 35.3. The molecular formula is C20H18Cl2N2O3. The van der Waals surface area contributed by atoms with Gasteiger partial charge in [-0.2, -0.15) is 0 Å². The van der Waals surface area contributed by atoms with E-state index in [1.165, 1.54) is 4.90 Å². The van der Waals surface area contributed by atoms with Crippen molar-refractivity contribution in [3.63, 3.8) is 0 Å². The van der Waals surface area contributed by atoms with Gasteiger partial charge < -0.3 is 5.32 Å². The zero-order valence-electron chi connectivity index (χ0n) is 14.4. The highest BCUT2D eigenvalue weighted by atomic mass is 35.5. The molecule has 5 aliphatic rings. The van der Waals surface area contributed by atoms with Crippen molar-refractivity contribution in [2.75, 3.05) is 11.9 Å². The van der Waals surface area contributed by atoms with Crippen LogP contribution in [0.1, 0.15) is 12.8 Å². The number of hydrogen-bond donors (Lipinski definition) is 1. The zero-order valence-corrected chi connectivity index (χ0v) is 15.9. The summed E-state index contributed by atoms with van der Waals surface area (Å²) in [5.41, 5.74) is 0.421. The van der Waals surface area contributed by atoms with Crippen molar-refractivity contribution >= 4 is 46.6 Å². The van der Waals surface area contributed by atoms with Gasteiger partial charge >= 0.3 is 0 Å². The molecule has 2 bridgehead atoms. The number of amides is 3. The smallest absolute Gasteiger partial charge is 0.233 e. The molecule has 140 valence electrons. The van der Waals surface area contributed by atoms with E-state index >= 15 is 0 Å². The quantitative estimate of drug-likeness (QED) is 0.617. The number of anilines is 1. The largest absolute Gasteiger partial charge is 0.325 e. The average molecular weight is 405 g/mol. The number of nitrogens with one attached hydrogen (secondary N) is 1. The molecule has 0 spiro atoms. The Labute approximate surface area is 166 Å². The maximum Gasteiger partial charge on any atom is 0.233 e. The monoisotopic (exact) mass is 404 g/mol. The van der Waals surface area contributed by atoms with Gasteiger partial charge in [-0.05, 0) is 48.3 Å². The van der Waals surface area contributed by atoms with Gasteiger partial charge in [0.1, 0.15) is 0 Å². The van der Waals surface area contributed by atoms with Gasteiger partial charge in [0.05, 0.1) is 22.5 Å². The zero-order chi connectivity index (χ0) is 18.9. The summed E-state index contributed by atoms with van der Waals surface area (Å²) in [5, 5.41) is 3.54. The van der Waals surface area contributed by atoms with E-state index < -0.39 is 0 Å². The predicted molar refractivity (Wildman–Crippen MR) is 101 cm³/mol. The van der Waals surface area contributed by atoms with E-state index in [4.69, 9.17) is 23.2 Å². The summed E-state index contributed by atoms with van der Waals surface area (Å²) in [6.07, 6.45) is 5.46. The Morgan fingerprint density at radius 3 is 2.33 bits per heavy atom. The molecule has 1 aliphatic heterocycles. The molecule has 1 aromatic carbocycles. The molecule has 5 nitrogen and oxygen atoms in total. The Morgan fingerprint density at radius 2 is 1.70 bits per heavy atom. The van der Waals surface area contributed by atoms with Crippen LogP contribution in [-0.2, 0) is 14.4 Å². The molecule has 2 saturated carbocycles. The van der Waals surface area contributed by atoms with E-state index in [0.717, 1.165) is 6.42 Å². The van der Waals surface area contributed by atoms with Crippen LogP contribution in [0, 0.1) is 35.5 Å². The van der Waals surface area contributed by atoms with Crippen molar-refractivity contribution in [1.29, 1.82) is 0 Å². The second kappa shape index (κ2) is 6.08. The number of allylic oxidation sites excluding steroid dienone is 2. The van der Waals surface area contributed by atoms with E-state index in [9.17, 15) is 14.4 Å². The van der Waals surface area contributed by atoms with E-state index in [2.05, 4.69) is 17.5 Å². The number of imide groups is 1. The third kappa shape index (κ3) is 2.63. The maximum atomic E-state index is 12.9. The second-order valence-electron chi connectivity index (χ2n) is 7.91. The van der Waals surface area contributed by atoms with Crippen LogP contribution in [-0.4, -0.2) is 29.2 Å². The minimum atomic E-state index is -0.307. The molecule has 4 aliphatic carbocycles. The third-order valence-corrected chi connectivity index (χ3v) is 7.08. The molecule has 6 rings (SSSR count). The first-order valence-electron chi connectivity index (χ1n) is 9.24. The van der Waals surface area contributed by atoms with Crippen molar-refractivity contribution in [2.24, 2.45) is 35.5 Å². The third-order valence-electron chi connectivity index (χ3n) is 6.52. The molecule has 7 heteroatoms. The second-order valence-corrected chi connectivity index (χ2v) is 8.75. The summed E-state index contributed by atoms with van der Waals surface area (Å²) in [7, 11) is 0. The first-order chi connectivity index (χ1) is 13.0. The Morgan fingerprint density at radius 1 is 1.07 bits per heavy atom. The number of rotatable bonds is 4. The average Bonchev–Trinajstić information content (AvgIpc) is 3.42. The fourth-order valence-electron chi connectivity index (χ4n) is 5.26. The van der Waals surface area contributed by atoms with Gasteiger partial charge in [-0.3, -0.25) is 19.3 Å². The standard InChI is InChI=1S/C20H18Cl2N2O3/c21-9-1-4-14(22)15(7-9)23-16(25)5-6-24-19(26)17-10-2-3-11(13-8-12(10)13)18(17)20(24)27/h1-4,7,10-13,17-18H,5-6,8H2,(H,23,25)/t10-,11-,12-,13-,17+,18+/m0/s1. The summed E-state index contributed by atoms with van der Waals surface area (Å²) in [5.74, 6) is 0.585. The fraction of sp³-hybridized carbons (Fsp3) is 0.450. The van der Waals surface area contributed by atoms with E-state index in [1.807, 2.05) is 0 Å². The van der Waals surface area contributed by atoms with Crippen molar-refractivity contribution in [3.8, 4) is 0 Å². The lowest BCUT2D eigenvalue weighted by molar-refractivity contribution is -0.140. The lowest BCUT2D eigenvalue weighted by atomic mass is 9.63. The predicted octanol–water partition coefficient (Wildman–Crippen LogP) is 3.38. The molecule has 1 aromatic rings. The fourth-order valence-corrected chi connectivity index (χ4v) is 5.60. The van der Waals surface area contributed by atoms with Gasteiger partial charge in [0, 0.05) is 18.0 Å². The Balaban J connectivity index is 1.26. The van der Waals surface area contributed by atoms with E-state index in [1.54, 1.807) is 18.2 Å². The highest BCUT2D eigenvalue weighted by Gasteiger charge is 2.66. The SMILES string of the molecule is O=C(CCN1C(=O)[C@@H]2[C@H]3C=C[C@@H]([C@@H]4C[C@@H]34)[C@H]2C1=O)Nc1cc(Cl)ccc1Cl. The molecule has 0 aromatic heterocycles. The maximum absolute atomic E-state index is 12.9. The van der Waals surface area contributed by atoms with Gasteiger partial charge in [-0.1, -0.05) is 35.4 Å². The molecule has 3 fully saturated rings. The van der Waals surface area contributed by atoms with Crippen LogP contribution in [0.3, 0.4) is 0 Å². The molecule has 6 atom stereocenters. The van der Waals surface area contributed by atoms with Gasteiger partial charge in [-0.15, -0.1) is 0 Å². The molecule has 0 radical (unpaired) electrons. The molecule has 1 saturated heterocycles. The van der Waals surface area contributed by atoms with Gasteiger partial charge in [0.15, 0.2) is 0 Å². The number of nitrogens with zero attached hydrogens (tertiary/aromatic N) is 1. The lowest BCUT2D eigenvalue weighted by Gasteiger charge is -2.37. The van der Waals surface area contributed by atoms with Crippen LogP contribution >= 0.6 is 23.2 Å².